The third kappa shape index (κ3) is 3.92. The number of hydrogen-bond donors (Lipinski definition) is 1. The summed E-state index contributed by atoms with van der Waals surface area (Å²) in [4.78, 5) is 13.5. The van der Waals surface area contributed by atoms with Crippen molar-refractivity contribution in [1.29, 1.82) is 0 Å². The van der Waals surface area contributed by atoms with Crippen LogP contribution in [0.25, 0.3) is 5.57 Å². The van der Waals surface area contributed by atoms with Crippen molar-refractivity contribution in [2.24, 2.45) is 0 Å². The summed E-state index contributed by atoms with van der Waals surface area (Å²) in [7, 11) is 0. The molecule has 0 saturated carbocycles. The molecule has 1 N–H and O–H groups in total. The molecule has 1 aliphatic rings. The summed E-state index contributed by atoms with van der Waals surface area (Å²) in [5.41, 5.74) is 4.95. The lowest BCUT2D eigenvalue weighted by molar-refractivity contribution is 0.0697. The molecule has 1 saturated heterocycles. The van der Waals surface area contributed by atoms with Crippen LogP contribution in [0.2, 0.25) is 0 Å². The summed E-state index contributed by atoms with van der Waals surface area (Å²) >= 11 is 0. The first-order chi connectivity index (χ1) is 11.6. The van der Waals surface area contributed by atoms with E-state index in [4.69, 9.17) is 5.11 Å². The van der Waals surface area contributed by atoms with Crippen LogP contribution in [-0.4, -0.2) is 35.6 Å². The minimum Gasteiger partial charge on any atom is -0.478 e. The number of nitrogens with zero attached hydrogens (tertiary/aromatic N) is 1. The largest absolute Gasteiger partial charge is 0.478 e. The monoisotopic (exact) mass is 321 g/mol. The van der Waals surface area contributed by atoms with Crippen molar-refractivity contribution in [2.75, 3.05) is 19.6 Å². The lowest BCUT2D eigenvalue weighted by atomic mass is 9.96. The van der Waals surface area contributed by atoms with Crippen LogP contribution in [0.4, 0.5) is 0 Å². The van der Waals surface area contributed by atoms with E-state index in [1.807, 2.05) is 12.1 Å². The van der Waals surface area contributed by atoms with E-state index in [9.17, 15) is 4.79 Å². The highest BCUT2D eigenvalue weighted by molar-refractivity contribution is 5.89. The summed E-state index contributed by atoms with van der Waals surface area (Å²) in [6.07, 6.45) is 4.83. The van der Waals surface area contributed by atoms with Crippen LogP contribution in [0.1, 0.15) is 39.9 Å². The van der Waals surface area contributed by atoms with Crippen molar-refractivity contribution >= 4 is 11.5 Å². The number of carboxylic acids is 1. The van der Waals surface area contributed by atoms with Crippen LogP contribution in [-0.2, 0) is 0 Å². The van der Waals surface area contributed by atoms with E-state index in [0.29, 0.717) is 5.56 Å². The Bertz CT molecular complexity index is 723. The molecule has 2 aromatic rings. The number of carbonyl (C=O) groups is 1. The van der Waals surface area contributed by atoms with Gasteiger partial charge in [0, 0.05) is 6.54 Å². The van der Waals surface area contributed by atoms with Gasteiger partial charge >= 0.3 is 5.97 Å². The van der Waals surface area contributed by atoms with Crippen molar-refractivity contribution in [3.8, 4) is 0 Å². The predicted octanol–water partition coefficient (Wildman–Crippen LogP) is 4.22. The van der Waals surface area contributed by atoms with Gasteiger partial charge in [0.15, 0.2) is 0 Å². The fourth-order valence-electron chi connectivity index (χ4n) is 3.11. The molecule has 0 amide bonds. The van der Waals surface area contributed by atoms with E-state index in [1.54, 1.807) is 12.1 Å². The van der Waals surface area contributed by atoms with E-state index in [0.717, 1.165) is 25.2 Å². The molecule has 3 heteroatoms. The molecule has 0 aromatic heterocycles. The van der Waals surface area contributed by atoms with Crippen LogP contribution >= 0.6 is 0 Å². The van der Waals surface area contributed by atoms with E-state index >= 15 is 0 Å². The summed E-state index contributed by atoms with van der Waals surface area (Å²) in [6.45, 7) is 5.34. The SMILES string of the molecule is Cc1ccc(/C(=C\CN2CCCC2)c2ccc(C(=O)O)cc2)cc1. The third-order valence-electron chi connectivity index (χ3n) is 4.56. The molecule has 1 aliphatic heterocycles. The molecule has 3 rings (SSSR count). The quantitative estimate of drug-likeness (QED) is 0.896. The van der Waals surface area contributed by atoms with Gasteiger partial charge in [-0.25, -0.2) is 4.79 Å². The molecule has 2 aromatic carbocycles. The Morgan fingerprint density at radius 3 is 2.00 bits per heavy atom. The maximum absolute atomic E-state index is 11.1. The van der Waals surface area contributed by atoms with Gasteiger partial charge in [-0.1, -0.05) is 48.0 Å². The lowest BCUT2D eigenvalue weighted by Crippen LogP contribution is -2.19. The van der Waals surface area contributed by atoms with Crippen LogP contribution in [0.15, 0.2) is 54.6 Å². The smallest absolute Gasteiger partial charge is 0.335 e. The zero-order chi connectivity index (χ0) is 16.9. The van der Waals surface area contributed by atoms with Gasteiger partial charge in [-0.15, -0.1) is 0 Å². The average Bonchev–Trinajstić information content (AvgIpc) is 3.10. The molecule has 124 valence electrons. The van der Waals surface area contributed by atoms with Gasteiger partial charge in [-0.05, 0) is 61.7 Å². The van der Waals surface area contributed by atoms with Crippen molar-refractivity contribution in [3.05, 3.63) is 76.9 Å². The molecule has 0 unspecified atom stereocenters. The number of likely N-dealkylation sites (tertiary alicyclic amines) is 1. The molecule has 3 nitrogen and oxygen atoms in total. The zero-order valence-electron chi connectivity index (χ0n) is 14.0. The number of rotatable bonds is 5. The van der Waals surface area contributed by atoms with Gasteiger partial charge in [-0.2, -0.15) is 0 Å². The maximum Gasteiger partial charge on any atom is 0.335 e. The topological polar surface area (TPSA) is 40.5 Å². The van der Waals surface area contributed by atoms with Crippen molar-refractivity contribution in [1.82, 2.24) is 4.90 Å². The molecule has 0 atom stereocenters. The third-order valence-corrected chi connectivity index (χ3v) is 4.56. The van der Waals surface area contributed by atoms with E-state index in [1.165, 1.54) is 29.5 Å². The average molecular weight is 321 g/mol. The van der Waals surface area contributed by atoms with Gasteiger partial charge in [0.05, 0.1) is 5.56 Å². The fraction of sp³-hybridized carbons (Fsp3) is 0.286. The standard InChI is InChI=1S/C21H23NO2/c1-16-4-6-17(7-5-16)20(12-15-22-13-2-3-14-22)18-8-10-19(11-9-18)21(23)24/h4-12H,2-3,13-15H2,1H3,(H,23,24)/b20-12+. The Morgan fingerprint density at radius 2 is 1.46 bits per heavy atom. The van der Waals surface area contributed by atoms with Crippen LogP contribution in [0.3, 0.4) is 0 Å². The number of aromatic carboxylic acids is 1. The molecular formula is C21H23NO2. The zero-order valence-corrected chi connectivity index (χ0v) is 14.0. The number of carboxylic acid groups (broad SMARTS) is 1. The summed E-state index contributed by atoms with van der Waals surface area (Å²) in [5.74, 6) is -0.889. The molecule has 0 radical (unpaired) electrons. The summed E-state index contributed by atoms with van der Waals surface area (Å²) in [6, 6.07) is 15.7. The first kappa shape index (κ1) is 16.5. The Hall–Kier alpha value is -2.39. The number of aryl methyl sites for hydroxylation is 1. The molecule has 24 heavy (non-hydrogen) atoms. The van der Waals surface area contributed by atoms with Gasteiger partial charge in [0.2, 0.25) is 0 Å². The Labute approximate surface area is 143 Å². The summed E-state index contributed by atoms with van der Waals surface area (Å²) in [5, 5.41) is 9.09. The fourth-order valence-corrected chi connectivity index (χ4v) is 3.11. The first-order valence-electron chi connectivity index (χ1n) is 8.47. The Kier molecular flexibility index (Phi) is 5.11. The highest BCUT2D eigenvalue weighted by atomic mass is 16.4. The van der Waals surface area contributed by atoms with Gasteiger partial charge in [0.1, 0.15) is 0 Å². The molecule has 0 aliphatic carbocycles. The normalized spacial score (nSPS) is 15.6. The first-order valence-corrected chi connectivity index (χ1v) is 8.47. The second kappa shape index (κ2) is 7.45. The van der Waals surface area contributed by atoms with Gasteiger partial charge in [0.25, 0.3) is 0 Å². The molecule has 1 fully saturated rings. The number of hydrogen-bond acceptors (Lipinski definition) is 2. The Morgan fingerprint density at radius 1 is 0.958 bits per heavy atom. The van der Waals surface area contributed by atoms with Crippen LogP contribution < -0.4 is 0 Å². The molecular weight excluding hydrogens is 298 g/mol. The maximum atomic E-state index is 11.1. The van der Waals surface area contributed by atoms with Crippen molar-refractivity contribution in [3.63, 3.8) is 0 Å². The Balaban J connectivity index is 1.92. The van der Waals surface area contributed by atoms with E-state index in [-0.39, 0.29) is 0 Å². The summed E-state index contributed by atoms with van der Waals surface area (Å²) < 4.78 is 0. The molecule has 0 spiro atoms. The highest BCUT2D eigenvalue weighted by Gasteiger charge is 2.12. The highest BCUT2D eigenvalue weighted by Crippen LogP contribution is 2.25. The van der Waals surface area contributed by atoms with Gasteiger partial charge in [-0.3, -0.25) is 4.90 Å². The lowest BCUT2D eigenvalue weighted by Gasteiger charge is -2.15. The molecule has 0 bridgehead atoms. The van der Waals surface area contributed by atoms with Gasteiger partial charge < -0.3 is 5.11 Å². The molecule has 1 heterocycles. The van der Waals surface area contributed by atoms with E-state index in [2.05, 4.69) is 42.2 Å². The van der Waals surface area contributed by atoms with Crippen LogP contribution in [0, 0.1) is 6.92 Å². The second-order valence-electron chi connectivity index (χ2n) is 6.37. The van der Waals surface area contributed by atoms with Crippen molar-refractivity contribution < 1.29 is 9.90 Å². The predicted molar refractivity (Wildman–Crippen MR) is 97.3 cm³/mol. The minimum absolute atomic E-state index is 0.321. The number of benzene rings is 2. The minimum atomic E-state index is -0.889. The second-order valence-corrected chi connectivity index (χ2v) is 6.37. The van der Waals surface area contributed by atoms with Crippen LogP contribution in [0.5, 0.6) is 0 Å². The van der Waals surface area contributed by atoms with E-state index < -0.39 is 5.97 Å². The van der Waals surface area contributed by atoms with Crippen molar-refractivity contribution in [2.45, 2.75) is 19.8 Å².